The van der Waals surface area contributed by atoms with Crippen molar-refractivity contribution in [3.8, 4) is 0 Å². The van der Waals surface area contributed by atoms with E-state index in [9.17, 15) is 8.78 Å². The van der Waals surface area contributed by atoms with Gasteiger partial charge in [-0.1, -0.05) is 13.0 Å². The third-order valence-corrected chi connectivity index (χ3v) is 3.54. The fraction of sp³-hybridized carbons (Fsp3) is 0.438. The monoisotopic (exact) mass is 293 g/mol. The van der Waals surface area contributed by atoms with E-state index in [1.807, 2.05) is 19.9 Å². The van der Waals surface area contributed by atoms with Gasteiger partial charge in [0.05, 0.1) is 17.4 Å². The first-order chi connectivity index (χ1) is 9.95. The Labute approximate surface area is 124 Å². The van der Waals surface area contributed by atoms with E-state index < -0.39 is 17.7 Å². The first-order valence-electron chi connectivity index (χ1n) is 7.14. The summed E-state index contributed by atoms with van der Waals surface area (Å²) in [5.41, 5.74) is 2.08. The summed E-state index contributed by atoms with van der Waals surface area (Å²) >= 11 is 0. The van der Waals surface area contributed by atoms with Gasteiger partial charge in [-0.05, 0) is 44.5 Å². The molecule has 0 aliphatic heterocycles. The Hall–Kier alpha value is -1.75. The number of halogens is 2. The van der Waals surface area contributed by atoms with Gasteiger partial charge in [0.25, 0.3) is 0 Å². The predicted molar refractivity (Wildman–Crippen MR) is 79.2 cm³/mol. The summed E-state index contributed by atoms with van der Waals surface area (Å²) in [6, 6.07) is 4.09. The number of nitrogens with one attached hydrogen (secondary N) is 1. The predicted octanol–water partition coefficient (Wildman–Crippen LogP) is 3.40. The minimum absolute atomic E-state index is 0.0615. The van der Waals surface area contributed by atoms with Crippen LogP contribution in [0.4, 0.5) is 8.78 Å². The number of rotatable bonds is 5. The highest BCUT2D eigenvalue weighted by molar-refractivity contribution is 5.34. The van der Waals surface area contributed by atoms with Gasteiger partial charge in [0, 0.05) is 12.6 Å². The molecule has 0 saturated heterocycles. The lowest BCUT2D eigenvalue weighted by Gasteiger charge is -2.21. The minimum atomic E-state index is -0.545. The highest BCUT2D eigenvalue weighted by Crippen LogP contribution is 2.28. The third-order valence-electron chi connectivity index (χ3n) is 3.54. The van der Waals surface area contributed by atoms with Crippen molar-refractivity contribution in [3.63, 3.8) is 0 Å². The van der Waals surface area contributed by atoms with Crippen molar-refractivity contribution >= 4 is 0 Å². The summed E-state index contributed by atoms with van der Waals surface area (Å²) in [6.07, 6.45) is 0.877. The molecule has 0 bridgehead atoms. The molecule has 0 amide bonds. The van der Waals surface area contributed by atoms with Crippen LogP contribution in [-0.4, -0.2) is 16.3 Å². The molecule has 5 heteroatoms. The van der Waals surface area contributed by atoms with E-state index in [2.05, 4.69) is 10.4 Å². The van der Waals surface area contributed by atoms with Crippen LogP contribution in [0.3, 0.4) is 0 Å². The molecular weight excluding hydrogens is 272 g/mol. The van der Waals surface area contributed by atoms with Gasteiger partial charge in [-0.3, -0.25) is 4.68 Å². The van der Waals surface area contributed by atoms with Crippen molar-refractivity contribution in [2.45, 2.75) is 33.2 Å². The molecule has 0 aliphatic carbocycles. The van der Waals surface area contributed by atoms with Crippen LogP contribution in [0.15, 0.2) is 18.2 Å². The summed E-state index contributed by atoms with van der Waals surface area (Å²) in [5, 5.41) is 7.50. The van der Waals surface area contributed by atoms with Crippen LogP contribution >= 0.6 is 0 Å². The molecule has 1 heterocycles. The molecule has 0 saturated carbocycles. The van der Waals surface area contributed by atoms with Crippen LogP contribution in [0.5, 0.6) is 0 Å². The Bertz CT molecular complexity index is 635. The highest BCUT2D eigenvalue weighted by atomic mass is 19.1. The fourth-order valence-corrected chi connectivity index (χ4v) is 2.49. The van der Waals surface area contributed by atoms with Crippen molar-refractivity contribution in [1.82, 2.24) is 15.1 Å². The van der Waals surface area contributed by atoms with Crippen molar-refractivity contribution < 1.29 is 8.78 Å². The Kier molecular flexibility index (Phi) is 4.73. The van der Waals surface area contributed by atoms with Crippen LogP contribution in [0.25, 0.3) is 0 Å². The van der Waals surface area contributed by atoms with Gasteiger partial charge in [-0.25, -0.2) is 8.78 Å². The number of aryl methyl sites for hydroxylation is 3. The van der Waals surface area contributed by atoms with Gasteiger partial charge in [-0.15, -0.1) is 0 Å². The molecular formula is C16H21F2N3. The molecule has 1 atom stereocenters. The lowest BCUT2D eigenvalue weighted by atomic mass is 9.99. The second-order valence-corrected chi connectivity index (χ2v) is 5.31. The Balaban J connectivity index is 2.56. The van der Waals surface area contributed by atoms with Gasteiger partial charge in [0.15, 0.2) is 0 Å². The van der Waals surface area contributed by atoms with Gasteiger partial charge in [-0.2, -0.15) is 5.10 Å². The first kappa shape index (κ1) is 15.6. The zero-order valence-corrected chi connectivity index (χ0v) is 12.9. The van der Waals surface area contributed by atoms with Gasteiger partial charge in [0.2, 0.25) is 0 Å². The number of benzene rings is 1. The summed E-state index contributed by atoms with van der Waals surface area (Å²) < 4.78 is 30.3. The molecule has 0 fully saturated rings. The smallest absolute Gasteiger partial charge is 0.134 e. The third kappa shape index (κ3) is 3.13. The van der Waals surface area contributed by atoms with Crippen LogP contribution in [0.1, 0.15) is 41.9 Å². The van der Waals surface area contributed by atoms with E-state index in [4.69, 9.17) is 0 Å². The first-order valence-corrected chi connectivity index (χ1v) is 7.14. The molecule has 0 spiro atoms. The molecule has 1 aromatic heterocycles. The van der Waals surface area contributed by atoms with Crippen molar-refractivity contribution in [2.75, 3.05) is 6.54 Å². The van der Waals surface area contributed by atoms with Gasteiger partial charge >= 0.3 is 0 Å². The Morgan fingerprint density at radius 2 is 2.00 bits per heavy atom. The Morgan fingerprint density at radius 1 is 1.29 bits per heavy atom. The maximum Gasteiger partial charge on any atom is 0.134 e. The molecule has 2 rings (SSSR count). The van der Waals surface area contributed by atoms with Crippen LogP contribution in [0.2, 0.25) is 0 Å². The minimum Gasteiger partial charge on any atom is -0.305 e. The zero-order chi connectivity index (χ0) is 15.6. The maximum absolute atomic E-state index is 14.5. The molecule has 1 aromatic carbocycles. The summed E-state index contributed by atoms with van der Waals surface area (Å²) in [5.74, 6) is -1.03. The van der Waals surface area contributed by atoms with Crippen LogP contribution in [-0.2, 0) is 7.05 Å². The summed E-state index contributed by atoms with van der Waals surface area (Å²) in [4.78, 5) is 0. The topological polar surface area (TPSA) is 29.9 Å². The second kappa shape index (κ2) is 6.35. The average Bonchev–Trinajstić information content (AvgIpc) is 2.77. The van der Waals surface area contributed by atoms with Crippen LogP contribution in [0, 0.1) is 25.5 Å². The number of hydrogen-bond donors (Lipinski definition) is 1. The highest BCUT2D eigenvalue weighted by Gasteiger charge is 2.25. The second-order valence-electron chi connectivity index (χ2n) is 5.31. The van der Waals surface area contributed by atoms with E-state index in [-0.39, 0.29) is 5.56 Å². The van der Waals surface area contributed by atoms with E-state index in [1.165, 1.54) is 12.1 Å². The average molecular weight is 293 g/mol. The van der Waals surface area contributed by atoms with E-state index >= 15 is 0 Å². The van der Waals surface area contributed by atoms with Crippen LogP contribution < -0.4 is 5.32 Å². The van der Waals surface area contributed by atoms with E-state index in [0.717, 1.165) is 17.8 Å². The largest absolute Gasteiger partial charge is 0.305 e. The number of nitrogens with zero attached hydrogens (tertiary/aromatic N) is 2. The molecule has 0 radical (unpaired) electrons. The van der Waals surface area contributed by atoms with E-state index in [0.29, 0.717) is 12.1 Å². The SMILES string of the molecule is CCCNC(c1c(F)ccc(C)c1F)c1cc(C)nn1C. The molecule has 0 aliphatic rings. The van der Waals surface area contributed by atoms with Crippen molar-refractivity contribution in [1.29, 1.82) is 0 Å². The van der Waals surface area contributed by atoms with Gasteiger partial charge in [0.1, 0.15) is 11.6 Å². The van der Waals surface area contributed by atoms with Gasteiger partial charge < -0.3 is 5.32 Å². The lowest BCUT2D eigenvalue weighted by molar-refractivity contribution is 0.482. The fourth-order valence-electron chi connectivity index (χ4n) is 2.49. The quantitative estimate of drug-likeness (QED) is 0.915. The molecule has 1 unspecified atom stereocenters. The zero-order valence-electron chi connectivity index (χ0n) is 12.9. The molecule has 21 heavy (non-hydrogen) atoms. The number of hydrogen-bond acceptors (Lipinski definition) is 2. The number of aromatic nitrogens is 2. The standard InChI is InChI=1S/C16H21F2N3/c1-5-8-19-16(13-9-11(3)20-21(13)4)14-12(17)7-6-10(2)15(14)18/h6-7,9,16,19H,5,8H2,1-4H3. The van der Waals surface area contributed by atoms with E-state index in [1.54, 1.807) is 18.7 Å². The summed E-state index contributed by atoms with van der Waals surface area (Å²) in [6.45, 7) is 6.19. The van der Waals surface area contributed by atoms with Crippen molar-refractivity contribution in [2.24, 2.45) is 7.05 Å². The maximum atomic E-state index is 14.5. The molecule has 1 N–H and O–H groups in total. The lowest BCUT2D eigenvalue weighted by Crippen LogP contribution is -2.27. The molecule has 3 nitrogen and oxygen atoms in total. The van der Waals surface area contributed by atoms with Crippen molar-refractivity contribution in [3.05, 3.63) is 52.3 Å². The molecule has 114 valence electrons. The molecule has 2 aromatic rings. The summed E-state index contributed by atoms with van der Waals surface area (Å²) in [7, 11) is 1.79. The normalized spacial score (nSPS) is 12.7. The Morgan fingerprint density at radius 3 is 2.57 bits per heavy atom.